The highest BCUT2D eigenvalue weighted by Gasteiger charge is 2.24. The lowest BCUT2D eigenvalue weighted by Crippen LogP contribution is -2.37. The van der Waals surface area contributed by atoms with Crippen molar-refractivity contribution in [1.82, 2.24) is 9.88 Å². The fraction of sp³-hybridized carbons (Fsp3) is 0.611. The van der Waals surface area contributed by atoms with Crippen LogP contribution in [0.4, 0.5) is 0 Å². The second kappa shape index (κ2) is 8.06. The van der Waals surface area contributed by atoms with Crippen LogP contribution in [0.15, 0.2) is 22.2 Å². The first kappa shape index (κ1) is 16.7. The largest absolute Gasteiger partial charge is 0.377 e. The molecule has 0 N–H and O–H groups in total. The van der Waals surface area contributed by atoms with Gasteiger partial charge < -0.3 is 9.47 Å². The summed E-state index contributed by atoms with van der Waals surface area (Å²) in [7, 11) is 0. The highest BCUT2D eigenvalue weighted by atomic mass is 32.1. The second-order valence-electron chi connectivity index (χ2n) is 6.62. The van der Waals surface area contributed by atoms with Crippen LogP contribution in [0.3, 0.4) is 0 Å². The number of ether oxygens (including phenoxy) is 2. The van der Waals surface area contributed by atoms with Crippen LogP contribution in [0.2, 0.25) is 0 Å². The maximum Gasteiger partial charge on any atom is 0.124 e. The predicted octanol–water partition coefficient (Wildman–Crippen LogP) is 4.03. The van der Waals surface area contributed by atoms with E-state index in [9.17, 15) is 0 Å². The van der Waals surface area contributed by atoms with Crippen molar-refractivity contribution in [2.75, 3.05) is 26.3 Å². The molecule has 0 unspecified atom stereocenters. The zero-order valence-corrected chi connectivity index (χ0v) is 15.5. The van der Waals surface area contributed by atoms with E-state index in [1.54, 1.807) is 22.7 Å². The fourth-order valence-electron chi connectivity index (χ4n) is 3.48. The molecule has 24 heavy (non-hydrogen) atoms. The smallest absolute Gasteiger partial charge is 0.124 e. The summed E-state index contributed by atoms with van der Waals surface area (Å²) in [6, 6.07) is 2.14. The molecule has 2 aliphatic rings. The molecular weight excluding hydrogens is 340 g/mol. The fourth-order valence-corrected chi connectivity index (χ4v) is 5.01. The Morgan fingerprint density at radius 1 is 1.08 bits per heavy atom. The minimum absolute atomic E-state index is 0.376. The molecule has 0 aromatic carbocycles. The third-order valence-corrected chi connectivity index (χ3v) is 6.30. The number of hydrogen-bond acceptors (Lipinski definition) is 6. The van der Waals surface area contributed by atoms with Crippen LogP contribution < -0.4 is 0 Å². The number of thiazole rings is 1. The molecule has 0 radical (unpaired) electrons. The first-order chi connectivity index (χ1) is 11.9. The average molecular weight is 365 g/mol. The summed E-state index contributed by atoms with van der Waals surface area (Å²) in [4.78, 5) is 7.33. The normalized spacial score (nSPS) is 24.2. The molecule has 0 aliphatic carbocycles. The van der Waals surface area contributed by atoms with Gasteiger partial charge in [0.1, 0.15) is 5.01 Å². The molecular formula is C18H24N2O2S2. The van der Waals surface area contributed by atoms with Crippen molar-refractivity contribution in [3.63, 3.8) is 0 Å². The number of aromatic nitrogens is 1. The molecule has 2 aliphatic heterocycles. The van der Waals surface area contributed by atoms with Crippen LogP contribution in [0.5, 0.6) is 0 Å². The topological polar surface area (TPSA) is 34.6 Å². The van der Waals surface area contributed by atoms with Gasteiger partial charge in [-0.1, -0.05) is 0 Å². The zero-order valence-electron chi connectivity index (χ0n) is 13.9. The quantitative estimate of drug-likeness (QED) is 0.743. The Hall–Kier alpha value is -0.790. The van der Waals surface area contributed by atoms with E-state index in [-0.39, 0.29) is 0 Å². The van der Waals surface area contributed by atoms with Gasteiger partial charge in [-0.2, -0.15) is 11.3 Å². The first-order valence-electron chi connectivity index (χ1n) is 8.79. The molecule has 0 amide bonds. The molecule has 0 saturated carbocycles. The van der Waals surface area contributed by atoms with Gasteiger partial charge in [-0.25, -0.2) is 4.98 Å². The van der Waals surface area contributed by atoms with E-state index in [1.165, 1.54) is 31.2 Å². The maximum absolute atomic E-state index is 5.85. The number of rotatable bonds is 7. The summed E-state index contributed by atoms with van der Waals surface area (Å²) < 4.78 is 11.7. The average Bonchev–Trinajstić information content (AvgIpc) is 3.37. The van der Waals surface area contributed by atoms with Gasteiger partial charge in [-0.05, 0) is 37.1 Å². The van der Waals surface area contributed by atoms with Gasteiger partial charge >= 0.3 is 0 Å². The van der Waals surface area contributed by atoms with Crippen LogP contribution in [0.1, 0.15) is 31.4 Å². The molecule has 0 spiro atoms. The van der Waals surface area contributed by atoms with Crippen LogP contribution >= 0.6 is 22.7 Å². The lowest BCUT2D eigenvalue weighted by atomic mass is 10.2. The predicted molar refractivity (Wildman–Crippen MR) is 98.7 cm³/mol. The Kier molecular flexibility index (Phi) is 5.60. The summed E-state index contributed by atoms with van der Waals surface area (Å²) in [5, 5.41) is 7.60. The van der Waals surface area contributed by atoms with E-state index >= 15 is 0 Å². The molecule has 2 fully saturated rings. The van der Waals surface area contributed by atoms with Gasteiger partial charge in [0, 0.05) is 49.2 Å². The SMILES string of the molecule is c1cc(-c2nc(CN(C[C@H]3CCCO3)C[C@@H]3CCCO3)cs2)cs1. The Labute approximate surface area is 151 Å². The number of hydrogen-bond donors (Lipinski definition) is 0. The highest BCUT2D eigenvalue weighted by Crippen LogP contribution is 2.27. The lowest BCUT2D eigenvalue weighted by molar-refractivity contribution is 0.0342. The van der Waals surface area contributed by atoms with Crippen molar-refractivity contribution in [2.24, 2.45) is 0 Å². The van der Waals surface area contributed by atoms with Crippen molar-refractivity contribution in [3.05, 3.63) is 27.9 Å². The molecule has 2 saturated heterocycles. The Balaban J connectivity index is 1.41. The van der Waals surface area contributed by atoms with Crippen molar-refractivity contribution < 1.29 is 9.47 Å². The third kappa shape index (κ3) is 4.24. The van der Waals surface area contributed by atoms with Crippen molar-refractivity contribution in [3.8, 4) is 10.6 Å². The summed E-state index contributed by atoms with van der Waals surface area (Å²) in [6.07, 6.45) is 5.50. The van der Waals surface area contributed by atoms with Crippen LogP contribution in [-0.4, -0.2) is 48.4 Å². The van der Waals surface area contributed by atoms with E-state index in [0.717, 1.165) is 43.5 Å². The van der Waals surface area contributed by atoms with Crippen LogP contribution in [0, 0.1) is 0 Å². The Morgan fingerprint density at radius 3 is 2.42 bits per heavy atom. The molecule has 6 heteroatoms. The van der Waals surface area contributed by atoms with Crippen molar-refractivity contribution in [2.45, 2.75) is 44.4 Å². The maximum atomic E-state index is 5.85. The van der Waals surface area contributed by atoms with Gasteiger partial charge in [-0.3, -0.25) is 4.90 Å². The summed E-state index contributed by atoms with van der Waals surface area (Å²) >= 11 is 3.46. The van der Waals surface area contributed by atoms with E-state index in [4.69, 9.17) is 14.5 Å². The minimum atomic E-state index is 0.376. The molecule has 4 heterocycles. The van der Waals surface area contributed by atoms with Gasteiger partial charge in [0.05, 0.1) is 17.9 Å². The van der Waals surface area contributed by atoms with E-state index < -0.39 is 0 Å². The molecule has 2 atom stereocenters. The summed E-state index contributed by atoms with van der Waals surface area (Å²) in [5.74, 6) is 0. The molecule has 4 rings (SSSR count). The van der Waals surface area contributed by atoms with Gasteiger partial charge in [-0.15, -0.1) is 11.3 Å². The van der Waals surface area contributed by atoms with Crippen LogP contribution in [-0.2, 0) is 16.0 Å². The van der Waals surface area contributed by atoms with Crippen molar-refractivity contribution in [1.29, 1.82) is 0 Å². The van der Waals surface area contributed by atoms with Gasteiger partial charge in [0.25, 0.3) is 0 Å². The molecule has 4 nitrogen and oxygen atoms in total. The van der Waals surface area contributed by atoms with Crippen LogP contribution in [0.25, 0.3) is 10.6 Å². The standard InChI is InChI=1S/C18H24N2O2S2/c1-3-16(21-6-1)10-20(11-17-4-2-7-22-17)9-15-13-24-18(19-15)14-5-8-23-12-14/h5,8,12-13,16-17H,1-4,6-7,9-11H2/t16-,17+. The van der Waals surface area contributed by atoms with Gasteiger partial charge in [0.15, 0.2) is 0 Å². The Morgan fingerprint density at radius 2 is 1.83 bits per heavy atom. The second-order valence-corrected chi connectivity index (χ2v) is 8.26. The van der Waals surface area contributed by atoms with E-state index in [1.807, 2.05) is 0 Å². The number of nitrogens with zero attached hydrogens (tertiary/aromatic N) is 2. The van der Waals surface area contributed by atoms with Crippen molar-refractivity contribution >= 4 is 22.7 Å². The van der Waals surface area contributed by atoms with E-state index in [0.29, 0.717) is 12.2 Å². The minimum Gasteiger partial charge on any atom is -0.377 e. The number of thiophene rings is 1. The van der Waals surface area contributed by atoms with E-state index in [2.05, 4.69) is 27.1 Å². The molecule has 2 aromatic heterocycles. The van der Waals surface area contributed by atoms with Gasteiger partial charge in [0.2, 0.25) is 0 Å². The lowest BCUT2D eigenvalue weighted by Gasteiger charge is -2.26. The summed E-state index contributed by atoms with van der Waals surface area (Å²) in [6.45, 7) is 4.70. The molecule has 130 valence electrons. The zero-order chi connectivity index (χ0) is 16.2. The molecule has 2 aromatic rings. The third-order valence-electron chi connectivity index (χ3n) is 4.68. The molecule has 0 bridgehead atoms. The Bertz CT molecular complexity index is 599. The summed E-state index contributed by atoms with van der Waals surface area (Å²) in [5.41, 5.74) is 2.40. The first-order valence-corrected chi connectivity index (χ1v) is 10.6. The highest BCUT2D eigenvalue weighted by molar-refractivity contribution is 7.14. The monoisotopic (exact) mass is 364 g/mol.